The maximum absolute atomic E-state index is 15.4. The molecule has 2 N–H and O–H groups in total. The first-order chi connectivity index (χ1) is 15.2. The van der Waals surface area contributed by atoms with E-state index < -0.39 is 17.8 Å². The van der Waals surface area contributed by atoms with Crippen molar-refractivity contribution in [2.45, 2.75) is 71.8 Å². The number of nitrogens with two attached hydrogens (primary N) is 1. The van der Waals surface area contributed by atoms with Crippen LogP contribution in [0, 0.1) is 18.6 Å². The minimum atomic E-state index is -0.830. The number of aryl methyl sites for hydroxylation is 2. The van der Waals surface area contributed by atoms with Crippen molar-refractivity contribution in [2.75, 3.05) is 6.61 Å². The molecule has 0 radical (unpaired) electrons. The number of esters is 1. The van der Waals surface area contributed by atoms with Crippen molar-refractivity contribution in [2.24, 2.45) is 5.73 Å². The van der Waals surface area contributed by atoms with Crippen molar-refractivity contribution < 1.29 is 18.3 Å². The molecule has 0 spiro atoms. The molecule has 0 aliphatic rings. The van der Waals surface area contributed by atoms with E-state index in [0.29, 0.717) is 12.0 Å². The van der Waals surface area contributed by atoms with Crippen molar-refractivity contribution in [1.82, 2.24) is 0 Å². The Hall–Kier alpha value is -2.53. The van der Waals surface area contributed by atoms with Gasteiger partial charge < -0.3 is 10.5 Å². The molecular formula is C27H35F2NO2. The Morgan fingerprint density at radius 1 is 1.16 bits per heavy atom. The summed E-state index contributed by atoms with van der Waals surface area (Å²) in [6, 6.07) is 5.77. The molecule has 2 aromatic rings. The minimum absolute atomic E-state index is 0.0831. The van der Waals surface area contributed by atoms with Gasteiger partial charge in [-0.05, 0) is 97.5 Å². The van der Waals surface area contributed by atoms with E-state index in [1.807, 2.05) is 32.9 Å². The molecule has 0 fully saturated rings. The summed E-state index contributed by atoms with van der Waals surface area (Å²) in [4.78, 5) is 12.0. The minimum Gasteiger partial charge on any atom is -0.466 e. The number of ether oxygens (including phenoxy) is 1. The molecule has 0 aromatic heterocycles. The molecule has 0 heterocycles. The average molecular weight is 444 g/mol. The van der Waals surface area contributed by atoms with Gasteiger partial charge in [-0.3, -0.25) is 4.79 Å². The topological polar surface area (TPSA) is 52.3 Å². The van der Waals surface area contributed by atoms with Crippen LogP contribution < -0.4 is 5.73 Å². The summed E-state index contributed by atoms with van der Waals surface area (Å²) in [7, 11) is 0. The summed E-state index contributed by atoms with van der Waals surface area (Å²) in [5.74, 6) is -1.22. The average Bonchev–Trinajstić information content (AvgIpc) is 2.71. The third-order valence-electron chi connectivity index (χ3n) is 5.62. The molecule has 0 aliphatic heterocycles. The lowest BCUT2D eigenvalue weighted by Gasteiger charge is -2.21. The van der Waals surface area contributed by atoms with Gasteiger partial charge in [0.15, 0.2) is 0 Å². The van der Waals surface area contributed by atoms with Gasteiger partial charge in [0.2, 0.25) is 0 Å². The normalized spacial score (nSPS) is 12.1. The molecule has 3 nitrogen and oxygen atoms in total. The molecule has 0 saturated heterocycles. The highest BCUT2D eigenvalue weighted by atomic mass is 19.1. The molecule has 0 saturated carbocycles. The lowest BCUT2D eigenvalue weighted by molar-refractivity contribution is -0.143. The molecule has 0 amide bonds. The SMILES string of the molecule is C=CCCCCc1cc(F)cc(C)c1-c1cc(C(C)C)c(F)c([C@@H](N)CC(=O)OCC)c1. The van der Waals surface area contributed by atoms with Crippen LogP contribution in [-0.2, 0) is 16.0 Å². The van der Waals surface area contributed by atoms with Crippen LogP contribution in [0.4, 0.5) is 8.78 Å². The number of hydrogen-bond donors (Lipinski definition) is 1. The number of halogens is 2. The number of allylic oxidation sites excluding steroid dienone is 1. The standard InChI is InChI=1S/C27H35F2NO2/c1-6-8-9-10-11-19-13-21(28)12-18(5)26(19)20-14-22(17(3)4)27(29)23(15-20)24(30)16-25(31)32-7-2/h6,12-15,17,24H,1,7-11,16,30H2,2-5H3/t24-/m0/s1. The zero-order valence-electron chi connectivity index (χ0n) is 19.6. The fourth-order valence-electron chi connectivity index (χ4n) is 4.04. The first-order valence-electron chi connectivity index (χ1n) is 11.3. The van der Waals surface area contributed by atoms with E-state index in [1.54, 1.807) is 19.1 Å². The Morgan fingerprint density at radius 3 is 2.47 bits per heavy atom. The smallest absolute Gasteiger partial charge is 0.307 e. The second-order valence-electron chi connectivity index (χ2n) is 8.53. The van der Waals surface area contributed by atoms with E-state index in [2.05, 4.69) is 6.58 Å². The van der Waals surface area contributed by atoms with Crippen molar-refractivity contribution >= 4 is 5.97 Å². The molecule has 174 valence electrons. The van der Waals surface area contributed by atoms with Gasteiger partial charge >= 0.3 is 5.97 Å². The van der Waals surface area contributed by atoms with Crippen LogP contribution in [0.2, 0.25) is 0 Å². The number of rotatable bonds is 11. The molecule has 2 rings (SSSR count). The highest BCUT2D eigenvalue weighted by Crippen LogP contribution is 2.36. The van der Waals surface area contributed by atoms with Gasteiger partial charge in [-0.2, -0.15) is 0 Å². The molecule has 0 aliphatic carbocycles. The Balaban J connectivity index is 2.58. The summed E-state index contributed by atoms with van der Waals surface area (Å²) in [6.45, 7) is 11.4. The van der Waals surface area contributed by atoms with E-state index in [4.69, 9.17) is 10.5 Å². The molecule has 1 atom stereocenters. The lowest BCUT2D eigenvalue weighted by Crippen LogP contribution is -2.19. The van der Waals surface area contributed by atoms with Crippen LogP contribution in [-0.4, -0.2) is 12.6 Å². The number of carbonyl (C=O) groups excluding carboxylic acids is 1. The predicted octanol–water partition coefficient (Wildman–Crippen LogP) is 6.92. The Labute approximate surface area is 190 Å². The molecule has 32 heavy (non-hydrogen) atoms. The summed E-state index contributed by atoms with van der Waals surface area (Å²) in [5, 5.41) is 0. The maximum Gasteiger partial charge on any atom is 0.307 e. The van der Waals surface area contributed by atoms with Gasteiger partial charge in [-0.15, -0.1) is 6.58 Å². The van der Waals surface area contributed by atoms with Crippen LogP contribution in [0.5, 0.6) is 0 Å². The highest BCUT2D eigenvalue weighted by molar-refractivity contribution is 5.74. The first-order valence-corrected chi connectivity index (χ1v) is 11.3. The van der Waals surface area contributed by atoms with Crippen LogP contribution in [0.15, 0.2) is 36.9 Å². The van der Waals surface area contributed by atoms with Gasteiger partial charge in [0.05, 0.1) is 13.0 Å². The summed E-state index contributed by atoms with van der Waals surface area (Å²) < 4.78 is 34.6. The molecule has 0 bridgehead atoms. The Morgan fingerprint density at radius 2 is 1.84 bits per heavy atom. The fourth-order valence-corrected chi connectivity index (χ4v) is 4.04. The van der Waals surface area contributed by atoms with E-state index >= 15 is 4.39 Å². The van der Waals surface area contributed by atoms with Crippen LogP contribution in [0.25, 0.3) is 11.1 Å². The van der Waals surface area contributed by atoms with Crippen LogP contribution >= 0.6 is 0 Å². The summed E-state index contributed by atoms with van der Waals surface area (Å²) >= 11 is 0. The van der Waals surface area contributed by atoms with Crippen molar-refractivity contribution in [3.05, 3.63) is 70.8 Å². The maximum atomic E-state index is 15.4. The van der Waals surface area contributed by atoms with E-state index in [-0.39, 0.29) is 30.3 Å². The molecule has 2 aromatic carbocycles. The zero-order valence-corrected chi connectivity index (χ0v) is 19.6. The van der Waals surface area contributed by atoms with E-state index in [0.717, 1.165) is 41.5 Å². The largest absolute Gasteiger partial charge is 0.466 e. The second kappa shape index (κ2) is 11.9. The number of carbonyl (C=O) groups is 1. The van der Waals surface area contributed by atoms with E-state index in [1.165, 1.54) is 6.07 Å². The van der Waals surface area contributed by atoms with Gasteiger partial charge in [0.25, 0.3) is 0 Å². The zero-order chi connectivity index (χ0) is 23.8. The third kappa shape index (κ3) is 6.49. The Bertz CT molecular complexity index is 953. The van der Waals surface area contributed by atoms with Gasteiger partial charge in [-0.25, -0.2) is 8.78 Å². The van der Waals surface area contributed by atoms with Crippen LogP contribution in [0.3, 0.4) is 0 Å². The summed E-state index contributed by atoms with van der Waals surface area (Å²) in [5.41, 5.74) is 10.4. The Kier molecular flexibility index (Phi) is 9.58. The molecular weight excluding hydrogens is 408 g/mol. The lowest BCUT2D eigenvalue weighted by atomic mass is 9.86. The van der Waals surface area contributed by atoms with Gasteiger partial charge in [0.1, 0.15) is 11.6 Å². The van der Waals surface area contributed by atoms with Gasteiger partial charge in [0, 0.05) is 11.6 Å². The number of benzene rings is 2. The summed E-state index contributed by atoms with van der Waals surface area (Å²) in [6.07, 6.45) is 5.25. The van der Waals surface area contributed by atoms with Crippen molar-refractivity contribution in [1.29, 1.82) is 0 Å². The molecule has 0 unspecified atom stereocenters. The van der Waals surface area contributed by atoms with Crippen molar-refractivity contribution in [3.63, 3.8) is 0 Å². The van der Waals surface area contributed by atoms with Gasteiger partial charge in [-0.1, -0.05) is 19.9 Å². The monoisotopic (exact) mass is 443 g/mol. The van der Waals surface area contributed by atoms with Crippen LogP contribution in [0.1, 0.15) is 80.7 Å². The number of hydrogen-bond acceptors (Lipinski definition) is 3. The predicted molar refractivity (Wildman–Crippen MR) is 127 cm³/mol. The fraction of sp³-hybridized carbons (Fsp3) is 0.444. The molecule has 5 heteroatoms. The third-order valence-corrected chi connectivity index (χ3v) is 5.62. The van der Waals surface area contributed by atoms with E-state index in [9.17, 15) is 9.18 Å². The highest BCUT2D eigenvalue weighted by Gasteiger charge is 2.23. The first kappa shape index (κ1) is 25.7. The number of unbranched alkanes of at least 4 members (excludes halogenated alkanes) is 2. The van der Waals surface area contributed by atoms with Crippen molar-refractivity contribution in [3.8, 4) is 11.1 Å². The quantitative estimate of drug-likeness (QED) is 0.233. The second-order valence-corrected chi connectivity index (χ2v) is 8.53.